The fourth-order valence-corrected chi connectivity index (χ4v) is 2.78. The van der Waals surface area contributed by atoms with E-state index in [1.807, 2.05) is 0 Å². The molecule has 0 aliphatic carbocycles. The van der Waals surface area contributed by atoms with E-state index in [4.69, 9.17) is 4.74 Å². The van der Waals surface area contributed by atoms with Crippen LogP contribution in [0, 0.1) is 0 Å². The van der Waals surface area contributed by atoms with Crippen LogP contribution in [-0.4, -0.2) is 103 Å². The fraction of sp³-hybridized carbons (Fsp3) is 0.733. The molecule has 0 aromatic carbocycles. The Bertz CT molecular complexity index is 482. The van der Waals surface area contributed by atoms with Crippen LogP contribution < -0.4 is 0 Å². The van der Waals surface area contributed by atoms with Crippen LogP contribution in [0.15, 0.2) is 0 Å². The van der Waals surface area contributed by atoms with Crippen LogP contribution in [0.25, 0.3) is 0 Å². The lowest BCUT2D eigenvalue weighted by atomic mass is 10.2. The number of hydrogen-bond acceptors (Lipinski definition) is 5. The Hall–Kier alpha value is -2.32. The van der Waals surface area contributed by atoms with Crippen LogP contribution in [0.1, 0.15) is 13.3 Å². The van der Waals surface area contributed by atoms with E-state index in [0.29, 0.717) is 59.0 Å². The van der Waals surface area contributed by atoms with Gasteiger partial charge in [-0.15, -0.1) is 0 Å². The molecule has 134 valence electrons. The van der Waals surface area contributed by atoms with E-state index in [9.17, 15) is 19.2 Å². The molecule has 0 saturated carbocycles. The standard InChI is InChI=1S/C15H24N4O5/c1-2-24-15(23)19-9-7-18(8-10-19)14(22)11-13(21)17-5-3-16(12-20)4-6-17/h12H,2-11H2,1H3. The molecule has 2 heterocycles. The van der Waals surface area contributed by atoms with E-state index in [1.54, 1.807) is 26.5 Å². The van der Waals surface area contributed by atoms with Crippen molar-refractivity contribution in [3.63, 3.8) is 0 Å². The molecule has 0 radical (unpaired) electrons. The zero-order valence-corrected chi connectivity index (χ0v) is 14.0. The van der Waals surface area contributed by atoms with Crippen LogP contribution in [0.3, 0.4) is 0 Å². The van der Waals surface area contributed by atoms with Gasteiger partial charge in [0.2, 0.25) is 18.2 Å². The number of amides is 4. The monoisotopic (exact) mass is 340 g/mol. The second-order valence-electron chi connectivity index (χ2n) is 5.77. The Morgan fingerprint density at radius 2 is 1.29 bits per heavy atom. The zero-order chi connectivity index (χ0) is 17.5. The van der Waals surface area contributed by atoms with Crippen molar-refractivity contribution < 1.29 is 23.9 Å². The van der Waals surface area contributed by atoms with Gasteiger partial charge in [-0.25, -0.2) is 4.79 Å². The van der Waals surface area contributed by atoms with Crippen molar-refractivity contribution >= 4 is 24.3 Å². The molecular formula is C15H24N4O5. The quantitative estimate of drug-likeness (QED) is 0.483. The van der Waals surface area contributed by atoms with E-state index < -0.39 is 0 Å². The third-order valence-corrected chi connectivity index (χ3v) is 4.28. The largest absolute Gasteiger partial charge is 0.450 e. The van der Waals surface area contributed by atoms with E-state index in [-0.39, 0.29) is 24.3 Å². The summed E-state index contributed by atoms with van der Waals surface area (Å²) in [7, 11) is 0. The van der Waals surface area contributed by atoms with E-state index in [2.05, 4.69) is 0 Å². The Kier molecular flexibility index (Phi) is 6.39. The maximum Gasteiger partial charge on any atom is 0.409 e. The average Bonchev–Trinajstić information content (AvgIpc) is 2.62. The summed E-state index contributed by atoms with van der Waals surface area (Å²) in [4.78, 5) is 53.1. The number of rotatable bonds is 4. The summed E-state index contributed by atoms with van der Waals surface area (Å²) >= 11 is 0. The summed E-state index contributed by atoms with van der Waals surface area (Å²) in [6.45, 7) is 5.63. The third-order valence-electron chi connectivity index (χ3n) is 4.28. The Balaban J connectivity index is 1.74. The fourth-order valence-electron chi connectivity index (χ4n) is 2.78. The summed E-state index contributed by atoms with van der Waals surface area (Å²) in [6.07, 6.45) is 0.241. The van der Waals surface area contributed by atoms with Gasteiger partial charge in [-0.1, -0.05) is 0 Å². The first-order chi connectivity index (χ1) is 11.5. The third kappa shape index (κ3) is 4.59. The van der Waals surface area contributed by atoms with Crippen molar-refractivity contribution in [1.82, 2.24) is 19.6 Å². The lowest BCUT2D eigenvalue weighted by molar-refractivity contribution is -0.143. The minimum Gasteiger partial charge on any atom is -0.450 e. The van der Waals surface area contributed by atoms with Gasteiger partial charge in [0.15, 0.2) is 0 Å². The van der Waals surface area contributed by atoms with Crippen molar-refractivity contribution in [1.29, 1.82) is 0 Å². The summed E-state index contributed by atoms with van der Waals surface area (Å²) in [6, 6.07) is 0. The number of piperazine rings is 2. The van der Waals surface area contributed by atoms with Gasteiger partial charge < -0.3 is 24.3 Å². The maximum atomic E-state index is 12.3. The molecule has 9 heteroatoms. The van der Waals surface area contributed by atoms with Crippen LogP contribution in [0.4, 0.5) is 4.79 Å². The van der Waals surface area contributed by atoms with Gasteiger partial charge in [0.25, 0.3) is 0 Å². The summed E-state index contributed by atoms with van der Waals surface area (Å²) in [5, 5.41) is 0. The van der Waals surface area contributed by atoms with Crippen molar-refractivity contribution in [3.05, 3.63) is 0 Å². The van der Waals surface area contributed by atoms with Crippen LogP contribution in [0.2, 0.25) is 0 Å². The summed E-state index contributed by atoms with van der Waals surface area (Å²) in [5.41, 5.74) is 0. The van der Waals surface area contributed by atoms with Gasteiger partial charge in [0.1, 0.15) is 6.42 Å². The molecule has 0 aromatic rings. The Morgan fingerprint density at radius 3 is 1.75 bits per heavy atom. The molecule has 0 spiro atoms. The molecule has 2 aliphatic rings. The molecule has 2 fully saturated rings. The first-order valence-corrected chi connectivity index (χ1v) is 8.21. The number of carbonyl (C=O) groups excluding carboxylic acids is 4. The number of carbonyl (C=O) groups is 4. The average molecular weight is 340 g/mol. The molecule has 0 aromatic heterocycles. The lowest BCUT2D eigenvalue weighted by Gasteiger charge is -2.35. The van der Waals surface area contributed by atoms with Gasteiger partial charge in [0, 0.05) is 52.4 Å². The smallest absolute Gasteiger partial charge is 0.409 e. The van der Waals surface area contributed by atoms with Gasteiger partial charge in [-0.2, -0.15) is 0 Å². The number of hydrogen-bond donors (Lipinski definition) is 0. The summed E-state index contributed by atoms with van der Waals surface area (Å²) in [5.74, 6) is -0.431. The molecule has 2 saturated heterocycles. The molecule has 9 nitrogen and oxygen atoms in total. The Morgan fingerprint density at radius 1 is 0.833 bits per heavy atom. The van der Waals surface area contributed by atoms with E-state index in [1.165, 1.54) is 0 Å². The van der Waals surface area contributed by atoms with Crippen LogP contribution in [0.5, 0.6) is 0 Å². The van der Waals surface area contributed by atoms with Crippen molar-refractivity contribution in [3.8, 4) is 0 Å². The number of ether oxygens (including phenoxy) is 1. The number of nitrogens with zero attached hydrogens (tertiary/aromatic N) is 4. The highest BCUT2D eigenvalue weighted by molar-refractivity contribution is 5.97. The van der Waals surface area contributed by atoms with Crippen molar-refractivity contribution in [2.24, 2.45) is 0 Å². The highest BCUT2D eigenvalue weighted by atomic mass is 16.6. The molecule has 2 aliphatic heterocycles. The van der Waals surface area contributed by atoms with Gasteiger partial charge in [-0.3, -0.25) is 14.4 Å². The second-order valence-corrected chi connectivity index (χ2v) is 5.77. The van der Waals surface area contributed by atoms with Crippen LogP contribution >= 0.6 is 0 Å². The molecule has 0 bridgehead atoms. The Labute approximate surface area is 141 Å². The van der Waals surface area contributed by atoms with Gasteiger partial charge in [0.05, 0.1) is 6.61 Å². The maximum absolute atomic E-state index is 12.3. The van der Waals surface area contributed by atoms with Crippen molar-refractivity contribution in [2.45, 2.75) is 13.3 Å². The topological polar surface area (TPSA) is 90.5 Å². The first-order valence-electron chi connectivity index (χ1n) is 8.21. The lowest BCUT2D eigenvalue weighted by Crippen LogP contribution is -2.52. The minimum atomic E-state index is -0.367. The van der Waals surface area contributed by atoms with Crippen LogP contribution in [-0.2, 0) is 19.1 Å². The SMILES string of the molecule is CCOC(=O)N1CCN(C(=O)CC(=O)N2CCN(C=O)CC2)CC1. The van der Waals surface area contributed by atoms with E-state index >= 15 is 0 Å². The second kappa shape index (κ2) is 8.51. The molecule has 0 N–H and O–H groups in total. The molecule has 0 unspecified atom stereocenters. The molecular weight excluding hydrogens is 316 g/mol. The molecule has 0 atom stereocenters. The highest BCUT2D eigenvalue weighted by Crippen LogP contribution is 2.08. The van der Waals surface area contributed by atoms with Crippen molar-refractivity contribution in [2.75, 3.05) is 59.0 Å². The molecule has 4 amide bonds. The minimum absolute atomic E-state index is 0.166. The zero-order valence-electron chi connectivity index (χ0n) is 14.0. The molecule has 2 rings (SSSR count). The highest BCUT2D eigenvalue weighted by Gasteiger charge is 2.28. The van der Waals surface area contributed by atoms with E-state index in [0.717, 1.165) is 6.41 Å². The molecule has 24 heavy (non-hydrogen) atoms. The predicted octanol–water partition coefficient (Wildman–Crippen LogP) is -1.02. The van der Waals surface area contributed by atoms with Gasteiger partial charge >= 0.3 is 6.09 Å². The normalized spacial score (nSPS) is 18.4. The first kappa shape index (κ1) is 18.0. The van der Waals surface area contributed by atoms with Gasteiger partial charge in [-0.05, 0) is 6.92 Å². The predicted molar refractivity (Wildman–Crippen MR) is 84.0 cm³/mol. The summed E-state index contributed by atoms with van der Waals surface area (Å²) < 4.78 is 4.93.